The maximum atomic E-state index is 2.84. The van der Waals surface area contributed by atoms with Crippen LogP contribution in [0.15, 0.2) is 212 Å². The second kappa shape index (κ2) is 15.9. The lowest BCUT2D eigenvalue weighted by molar-refractivity contribution is 0.521. The Morgan fingerprint density at radius 3 is 1.68 bits per heavy atom. The monoisotopic (exact) mass is 992 g/mol. The molecule has 15 rings (SSSR count). The number of benzene rings is 10. The molecule has 1 aromatic heterocycles. The number of anilines is 6. The first-order valence-corrected chi connectivity index (χ1v) is 27.7. The molecular formula is C73H62BN3. The van der Waals surface area contributed by atoms with Crippen LogP contribution in [0.2, 0.25) is 0 Å². The Balaban J connectivity index is 1.15. The number of hydrogen-bond donors (Lipinski definition) is 0. The van der Waals surface area contributed by atoms with Crippen LogP contribution in [0.4, 0.5) is 34.1 Å². The average molecular weight is 992 g/mol. The summed E-state index contributed by atoms with van der Waals surface area (Å²) in [5.41, 5.74) is 27.5. The van der Waals surface area contributed by atoms with Gasteiger partial charge in [-0.1, -0.05) is 214 Å². The summed E-state index contributed by atoms with van der Waals surface area (Å²) in [7, 11) is 0. The zero-order chi connectivity index (χ0) is 52.5. The molecule has 0 fully saturated rings. The summed E-state index contributed by atoms with van der Waals surface area (Å²) in [6.45, 7) is 21.6. The first kappa shape index (κ1) is 46.0. The third-order valence-electron chi connectivity index (χ3n) is 18.5. The quantitative estimate of drug-likeness (QED) is 0.159. The standard InChI is InChI=1S/C73H62BN3/c1-70(2,3)47-37-38-63(53(40-47)45-25-13-10-14-26-45)76-64-44-61-60(71(4,5)58-35-23-24-36-59(58)72(61,6)7)43-62(64)74-66-54(39-46-27-19-20-32-51(46)69(66)76)55-41-50(75(48-28-15-11-16-29-48)49-30-17-12-18-31-49)42-56-65-68(77(74)67(55)56)52-33-21-22-34-57(52)73(65,8)9/h10-44H,1-9H3. The first-order chi connectivity index (χ1) is 37.1. The van der Waals surface area contributed by atoms with Crippen molar-refractivity contribution in [1.82, 2.24) is 4.48 Å². The van der Waals surface area contributed by atoms with Crippen LogP contribution in [0.3, 0.4) is 0 Å². The number of aromatic nitrogens is 1. The highest BCUT2D eigenvalue weighted by molar-refractivity contribution is 6.90. The smallest absolute Gasteiger partial charge is 0.333 e. The lowest BCUT2D eigenvalue weighted by Gasteiger charge is -2.47. The molecule has 372 valence electrons. The lowest BCUT2D eigenvalue weighted by Crippen LogP contribution is -2.57. The third-order valence-corrected chi connectivity index (χ3v) is 18.5. The molecule has 0 unspecified atom stereocenters. The first-order valence-electron chi connectivity index (χ1n) is 27.7. The Labute approximate surface area is 454 Å². The predicted octanol–water partition coefficient (Wildman–Crippen LogP) is 17.9. The Morgan fingerprint density at radius 1 is 0.429 bits per heavy atom. The minimum atomic E-state index is -0.284. The molecule has 0 atom stereocenters. The fourth-order valence-electron chi connectivity index (χ4n) is 14.7. The molecule has 0 saturated carbocycles. The van der Waals surface area contributed by atoms with Crippen molar-refractivity contribution in [2.45, 2.75) is 84.0 Å². The number of para-hydroxylation sites is 2. The molecule has 0 saturated heterocycles. The van der Waals surface area contributed by atoms with Gasteiger partial charge in [0.2, 0.25) is 0 Å². The van der Waals surface area contributed by atoms with Crippen molar-refractivity contribution in [1.29, 1.82) is 0 Å². The van der Waals surface area contributed by atoms with E-state index in [0.29, 0.717) is 0 Å². The predicted molar refractivity (Wildman–Crippen MR) is 327 cm³/mol. The number of fused-ring (bicyclic) bond motifs is 13. The van der Waals surface area contributed by atoms with E-state index >= 15 is 0 Å². The van der Waals surface area contributed by atoms with Crippen LogP contribution in [0.25, 0.3) is 55.2 Å². The van der Waals surface area contributed by atoms with Gasteiger partial charge in [0.15, 0.2) is 0 Å². The summed E-state index contributed by atoms with van der Waals surface area (Å²) < 4.78 is 2.84. The van der Waals surface area contributed by atoms with Gasteiger partial charge in [0, 0.05) is 77.7 Å². The van der Waals surface area contributed by atoms with Crippen molar-refractivity contribution in [3.63, 3.8) is 0 Å². The molecule has 0 radical (unpaired) electrons. The topological polar surface area (TPSA) is 11.4 Å². The van der Waals surface area contributed by atoms with Crippen LogP contribution in [-0.2, 0) is 21.7 Å². The second-order valence-electron chi connectivity index (χ2n) is 24.9. The van der Waals surface area contributed by atoms with E-state index in [1.165, 1.54) is 122 Å². The van der Waals surface area contributed by atoms with E-state index in [-0.39, 0.29) is 28.5 Å². The average Bonchev–Trinajstić information content (AvgIpc) is 4.16. The molecule has 2 aliphatic carbocycles. The van der Waals surface area contributed by atoms with Crippen molar-refractivity contribution >= 4 is 73.6 Å². The number of nitrogens with zero attached hydrogens (tertiary/aromatic N) is 3. The summed E-state index contributed by atoms with van der Waals surface area (Å²) in [5.74, 6) is 0. The third kappa shape index (κ3) is 6.27. The minimum absolute atomic E-state index is 0.0628. The van der Waals surface area contributed by atoms with E-state index in [4.69, 9.17) is 0 Å². The van der Waals surface area contributed by atoms with Crippen molar-refractivity contribution in [2.75, 3.05) is 9.80 Å². The largest absolute Gasteiger partial charge is 0.375 e. The van der Waals surface area contributed by atoms with Gasteiger partial charge in [-0.25, -0.2) is 0 Å². The molecule has 3 heterocycles. The van der Waals surface area contributed by atoms with E-state index in [9.17, 15) is 0 Å². The highest BCUT2D eigenvalue weighted by Gasteiger charge is 2.51. The van der Waals surface area contributed by atoms with E-state index in [2.05, 4.69) is 289 Å². The van der Waals surface area contributed by atoms with Gasteiger partial charge in [0.05, 0.1) is 11.4 Å². The molecule has 0 bridgehead atoms. The van der Waals surface area contributed by atoms with E-state index in [1.807, 2.05) is 0 Å². The Kier molecular flexibility index (Phi) is 9.48. The van der Waals surface area contributed by atoms with Gasteiger partial charge < -0.3 is 14.3 Å². The normalized spacial score (nSPS) is 15.6. The van der Waals surface area contributed by atoms with Gasteiger partial charge in [0.1, 0.15) is 0 Å². The van der Waals surface area contributed by atoms with Crippen molar-refractivity contribution in [3.8, 4) is 33.5 Å². The lowest BCUT2D eigenvalue weighted by atomic mass is 9.43. The highest BCUT2D eigenvalue weighted by Crippen LogP contribution is 2.59. The SMILES string of the molecule is CC(C)(C)c1ccc(N2c3cc4c(cc3B3c5c(cc6ccccc6c52)-c2cc(N(c5ccccc5)c5ccccc5)cc5c6c(n3c25)-c2ccccc2C6(C)C)C(C)(C)c2ccccc2C4(C)C)c(-c2ccccc2)c1. The minimum Gasteiger partial charge on any atom is -0.375 e. The van der Waals surface area contributed by atoms with E-state index < -0.39 is 0 Å². The molecule has 4 aliphatic rings. The van der Waals surface area contributed by atoms with Gasteiger partial charge in [-0.05, 0) is 132 Å². The molecule has 0 spiro atoms. The summed E-state index contributed by atoms with van der Waals surface area (Å²) in [4.78, 5) is 5.19. The summed E-state index contributed by atoms with van der Waals surface area (Å²) in [5, 5.41) is 3.79. The van der Waals surface area contributed by atoms with Crippen LogP contribution in [0, 0.1) is 0 Å². The number of rotatable bonds is 5. The zero-order valence-corrected chi connectivity index (χ0v) is 45.6. The molecule has 4 heteroatoms. The zero-order valence-electron chi connectivity index (χ0n) is 45.6. The van der Waals surface area contributed by atoms with E-state index in [1.54, 1.807) is 0 Å². The van der Waals surface area contributed by atoms with Crippen LogP contribution >= 0.6 is 0 Å². The van der Waals surface area contributed by atoms with Crippen LogP contribution in [-0.4, -0.2) is 11.3 Å². The van der Waals surface area contributed by atoms with Gasteiger partial charge in [-0.15, -0.1) is 0 Å². The molecule has 3 nitrogen and oxygen atoms in total. The Hall–Kier alpha value is -8.34. The van der Waals surface area contributed by atoms with Crippen molar-refractivity contribution in [2.24, 2.45) is 0 Å². The molecule has 11 aromatic rings. The van der Waals surface area contributed by atoms with Crippen molar-refractivity contribution < 1.29 is 0 Å². The van der Waals surface area contributed by atoms with Gasteiger partial charge in [-0.3, -0.25) is 0 Å². The molecule has 77 heavy (non-hydrogen) atoms. The van der Waals surface area contributed by atoms with E-state index in [0.717, 1.165) is 17.1 Å². The molecule has 10 aromatic carbocycles. The maximum absolute atomic E-state index is 2.84. The van der Waals surface area contributed by atoms with Gasteiger partial charge >= 0.3 is 6.85 Å². The molecule has 0 amide bonds. The Bertz CT molecular complexity index is 4250. The second-order valence-corrected chi connectivity index (χ2v) is 24.9. The number of hydrogen-bond acceptors (Lipinski definition) is 2. The molecular weight excluding hydrogens is 930 g/mol. The molecule has 0 N–H and O–H groups in total. The highest BCUT2D eigenvalue weighted by atomic mass is 15.2. The van der Waals surface area contributed by atoms with Crippen LogP contribution < -0.4 is 20.7 Å². The van der Waals surface area contributed by atoms with Crippen LogP contribution in [0.5, 0.6) is 0 Å². The van der Waals surface area contributed by atoms with Gasteiger partial charge in [-0.2, -0.15) is 0 Å². The fraction of sp³-hybridized carbons (Fsp3) is 0.178. The van der Waals surface area contributed by atoms with Gasteiger partial charge in [0.25, 0.3) is 0 Å². The molecule has 2 aliphatic heterocycles. The van der Waals surface area contributed by atoms with Crippen molar-refractivity contribution in [3.05, 3.63) is 251 Å². The maximum Gasteiger partial charge on any atom is 0.333 e. The Morgan fingerprint density at radius 2 is 1.01 bits per heavy atom. The fourth-order valence-corrected chi connectivity index (χ4v) is 14.7. The van der Waals surface area contributed by atoms with Crippen LogP contribution in [0.1, 0.15) is 101 Å². The summed E-state index contributed by atoms with van der Waals surface area (Å²) >= 11 is 0. The summed E-state index contributed by atoms with van der Waals surface area (Å²) in [6, 6.07) is 81.0. The summed E-state index contributed by atoms with van der Waals surface area (Å²) in [6.07, 6.45) is 0.